The van der Waals surface area contributed by atoms with E-state index in [1.54, 1.807) is 17.4 Å². The van der Waals surface area contributed by atoms with Gasteiger partial charge in [0.25, 0.3) is 0 Å². The van der Waals surface area contributed by atoms with Gasteiger partial charge in [-0.1, -0.05) is 59.8 Å². The van der Waals surface area contributed by atoms with Gasteiger partial charge in [-0.15, -0.1) is 39.4 Å². The highest BCUT2D eigenvalue weighted by Gasteiger charge is 2.18. The molecule has 5 aromatic rings. The minimum Gasteiger partial charge on any atom is -0.301 e. The third kappa shape index (κ3) is 4.78. The number of carbonyl (C=O) groups is 1. The van der Waals surface area contributed by atoms with Crippen LogP contribution in [-0.4, -0.2) is 31.4 Å². The molecule has 0 aliphatic carbocycles. The highest BCUT2D eigenvalue weighted by atomic mass is 35.5. The van der Waals surface area contributed by atoms with Crippen molar-refractivity contribution >= 4 is 67.2 Å². The molecule has 34 heavy (non-hydrogen) atoms. The molecule has 0 fully saturated rings. The van der Waals surface area contributed by atoms with E-state index in [1.165, 1.54) is 27.8 Å². The third-order valence-electron chi connectivity index (χ3n) is 4.97. The summed E-state index contributed by atoms with van der Waals surface area (Å²) in [6, 6.07) is 15.7. The maximum Gasteiger partial charge on any atom is 0.236 e. The fraction of sp³-hybridized carbons (Fsp3) is 0.0833. The van der Waals surface area contributed by atoms with Gasteiger partial charge in [-0.05, 0) is 18.2 Å². The number of anilines is 1. The van der Waals surface area contributed by atoms with Gasteiger partial charge in [0.15, 0.2) is 16.1 Å². The molecular weight excluding hydrogens is 506 g/mol. The second-order valence-electron chi connectivity index (χ2n) is 7.23. The number of nitrogens with one attached hydrogen (secondary N) is 1. The predicted molar refractivity (Wildman–Crippen MR) is 143 cm³/mol. The number of benzene rings is 2. The molecule has 1 N–H and O–H groups in total. The van der Waals surface area contributed by atoms with Crippen LogP contribution in [0.5, 0.6) is 0 Å². The summed E-state index contributed by atoms with van der Waals surface area (Å²) in [5.41, 5.74) is 2.77. The van der Waals surface area contributed by atoms with Crippen molar-refractivity contribution in [3.05, 3.63) is 77.0 Å². The maximum atomic E-state index is 12.6. The van der Waals surface area contributed by atoms with Crippen molar-refractivity contribution in [2.24, 2.45) is 0 Å². The topological polar surface area (TPSA) is 72.7 Å². The van der Waals surface area contributed by atoms with Crippen LogP contribution in [0, 0.1) is 0 Å². The number of allylic oxidation sites excluding steroid dienone is 1. The Hall–Kier alpha value is -2.98. The quantitative estimate of drug-likeness (QED) is 0.178. The average molecular weight is 524 g/mol. The summed E-state index contributed by atoms with van der Waals surface area (Å²) in [4.78, 5) is 17.1. The van der Waals surface area contributed by atoms with Gasteiger partial charge >= 0.3 is 0 Å². The largest absolute Gasteiger partial charge is 0.301 e. The van der Waals surface area contributed by atoms with E-state index in [4.69, 9.17) is 11.6 Å². The molecule has 6 nitrogen and oxygen atoms in total. The Balaban J connectivity index is 1.28. The SMILES string of the molecule is C=CCn1c(SCC(=O)Nc2nc(-c3ccc(Cl)cc3)cs2)nnc1-c1csc2ccccc12. The molecule has 0 radical (unpaired) electrons. The normalized spacial score (nSPS) is 11.1. The van der Waals surface area contributed by atoms with Gasteiger partial charge in [0.2, 0.25) is 5.91 Å². The number of hydrogen-bond acceptors (Lipinski definition) is 7. The lowest BCUT2D eigenvalue weighted by Gasteiger charge is -2.07. The van der Waals surface area contributed by atoms with Crippen LogP contribution in [0.15, 0.2) is 77.1 Å². The van der Waals surface area contributed by atoms with E-state index in [-0.39, 0.29) is 11.7 Å². The van der Waals surface area contributed by atoms with Crippen LogP contribution in [0.2, 0.25) is 5.02 Å². The Labute approximate surface area is 213 Å². The number of aromatic nitrogens is 4. The van der Waals surface area contributed by atoms with Crippen LogP contribution in [0.25, 0.3) is 32.7 Å². The Bertz CT molecular complexity index is 1470. The molecule has 10 heteroatoms. The number of halogens is 1. The minimum absolute atomic E-state index is 0.155. The van der Waals surface area contributed by atoms with Crippen LogP contribution in [0.4, 0.5) is 5.13 Å². The van der Waals surface area contributed by atoms with E-state index >= 15 is 0 Å². The summed E-state index contributed by atoms with van der Waals surface area (Å²) in [6.07, 6.45) is 1.80. The van der Waals surface area contributed by atoms with Gasteiger partial charge in [0.1, 0.15) is 0 Å². The van der Waals surface area contributed by atoms with Crippen molar-refractivity contribution in [2.45, 2.75) is 11.7 Å². The van der Waals surface area contributed by atoms with Gasteiger partial charge in [-0.3, -0.25) is 9.36 Å². The van der Waals surface area contributed by atoms with Crippen LogP contribution in [-0.2, 0) is 11.3 Å². The Morgan fingerprint density at radius 3 is 2.76 bits per heavy atom. The zero-order chi connectivity index (χ0) is 23.5. The molecule has 0 aliphatic heterocycles. The molecule has 0 bridgehead atoms. The number of nitrogens with zero attached hydrogens (tertiary/aromatic N) is 4. The first-order valence-electron chi connectivity index (χ1n) is 10.3. The predicted octanol–water partition coefficient (Wildman–Crippen LogP) is 6.85. The molecule has 3 aromatic heterocycles. The van der Waals surface area contributed by atoms with Crippen LogP contribution >= 0.6 is 46.0 Å². The molecule has 0 saturated carbocycles. The maximum absolute atomic E-state index is 12.6. The summed E-state index contributed by atoms with van der Waals surface area (Å²) < 4.78 is 3.18. The minimum atomic E-state index is -0.155. The molecule has 0 aliphatic rings. The van der Waals surface area contributed by atoms with Crippen molar-refractivity contribution in [1.29, 1.82) is 0 Å². The van der Waals surface area contributed by atoms with E-state index in [9.17, 15) is 4.79 Å². The highest BCUT2D eigenvalue weighted by Crippen LogP contribution is 2.34. The molecule has 170 valence electrons. The van der Waals surface area contributed by atoms with Crippen molar-refractivity contribution in [3.8, 4) is 22.6 Å². The fourth-order valence-electron chi connectivity index (χ4n) is 3.41. The van der Waals surface area contributed by atoms with Crippen LogP contribution in [0.1, 0.15) is 0 Å². The Kier molecular flexibility index (Phi) is 6.77. The second-order valence-corrected chi connectivity index (χ2v) is 10.4. The van der Waals surface area contributed by atoms with E-state index < -0.39 is 0 Å². The molecule has 3 heterocycles. The second kappa shape index (κ2) is 10.1. The van der Waals surface area contributed by atoms with Crippen molar-refractivity contribution < 1.29 is 4.79 Å². The lowest BCUT2D eigenvalue weighted by molar-refractivity contribution is -0.113. The number of thiazole rings is 1. The summed E-state index contributed by atoms with van der Waals surface area (Å²) in [6.45, 7) is 4.42. The number of amides is 1. The van der Waals surface area contributed by atoms with Gasteiger partial charge < -0.3 is 5.32 Å². The van der Waals surface area contributed by atoms with E-state index in [1.807, 2.05) is 46.3 Å². The van der Waals surface area contributed by atoms with Crippen molar-refractivity contribution in [1.82, 2.24) is 19.7 Å². The fourth-order valence-corrected chi connectivity index (χ4v) is 5.96. The van der Waals surface area contributed by atoms with Crippen LogP contribution < -0.4 is 5.32 Å². The number of thioether (sulfide) groups is 1. The number of carbonyl (C=O) groups excluding carboxylic acids is 1. The summed E-state index contributed by atoms with van der Waals surface area (Å²) >= 11 is 10.3. The number of hydrogen-bond donors (Lipinski definition) is 1. The first-order valence-corrected chi connectivity index (χ1v) is 13.4. The molecule has 0 atom stereocenters. The smallest absolute Gasteiger partial charge is 0.236 e. The zero-order valence-electron chi connectivity index (χ0n) is 17.8. The van der Waals surface area contributed by atoms with Gasteiger partial charge in [0.05, 0.1) is 11.4 Å². The summed E-state index contributed by atoms with van der Waals surface area (Å²) in [5, 5.41) is 18.7. The van der Waals surface area contributed by atoms with Crippen molar-refractivity contribution in [3.63, 3.8) is 0 Å². The molecule has 0 spiro atoms. The lowest BCUT2D eigenvalue weighted by atomic mass is 10.1. The van der Waals surface area contributed by atoms with E-state index in [2.05, 4.69) is 44.6 Å². The molecular formula is C24H18ClN5OS3. The Morgan fingerprint density at radius 2 is 1.94 bits per heavy atom. The average Bonchev–Trinajstić information content (AvgIpc) is 3.57. The number of thiophene rings is 1. The monoisotopic (exact) mass is 523 g/mol. The van der Waals surface area contributed by atoms with Crippen LogP contribution in [0.3, 0.4) is 0 Å². The first kappa shape index (κ1) is 22.8. The summed E-state index contributed by atoms with van der Waals surface area (Å²) in [5.74, 6) is 0.806. The lowest BCUT2D eigenvalue weighted by Crippen LogP contribution is -2.14. The first-order chi connectivity index (χ1) is 16.6. The van der Waals surface area contributed by atoms with Crippen molar-refractivity contribution in [2.75, 3.05) is 11.1 Å². The third-order valence-corrected chi connectivity index (χ3v) is 7.91. The highest BCUT2D eigenvalue weighted by molar-refractivity contribution is 7.99. The molecule has 2 aromatic carbocycles. The standard InChI is InChI=1S/C24H18ClN5OS3/c1-2-11-30-22(18-12-32-20-6-4-3-5-17(18)20)28-29-24(30)34-14-21(31)27-23-26-19(13-33-23)15-7-9-16(25)10-8-15/h2-10,12-13H,1,11,14H2,(H,26,27,31). The number of rotatable bonds is 8. The zero-order valence-corrected chi connectivity index (χ0v) is 21.0. The Morgan fingerprint density at radius 1 is 1.12 bits per heavy atom. The molecule has 5 rings (SSSR count). The molecule has 1 amide bonds. The van der Waals surface area contributed by atoms with Gasteiger partial charge in [-0.2, -0.15) is 0 Å². The van der Waals surface area contributed by atoms with E-state index in [0.717, 1.165) is 28.0 Å². The molecule has 0 unspecified atom stereocenters. The number of fused-ring (bicyclic) bond motifs is 1. The summed E-state index contributed by atoms with van der Waals surface area (Å²) in [7, 11) is 0. The van der Waals surface area contributed by atoms with Gasteiger partial charge in [0, 0.05) is 43.5 Å². The molecule has 0 saturated heterocycles. The van der Waals surface area contributed by atoms with Gasteiger partial charge in [-0.25, -0.2) is 4.98 Å². The van der Waals surface area contributed by atoms with E-state index in [0.29, 0.717) is 21.9 Å².